The fourth-order valence-corrected chi connectivity index (χ4v) is 4.06. The lowest BCUT2D eigenvalue weighted by molar-refractivity contribution is 0.0719. The van der Waals surface area contributed by atoms with Crippen LogP contribution in [0.3, 0.4) is 0 Å². The van der Waals surface area contributed by atoms with Gasteiger partial charge in [0.2, 0.25) is 0 Å². The molecule has 0 bridgehead atoms. The third-order valence-corrected chi connectivity index (χ3v) is 5.49. The molecule has 2 aromatic carbocycles. The van der Waals surface area contributed by atoms with Gasteiger partial charge in [-0.1, -0.05) is 29.3 Å². The number of benzene rings is 2. The molecule has 1 N–H and O–H groups in total. The summed E-state index contributed by atoms with van der Waals surface area (Å²) in [5.74, 6) is 0.161. The quantitative estimate of drug-likeness (QED) is 0.565. The number of halogens is 2. The van der Waals surface area contributed by atoms with Crippen LogP contribution >= 0.6 is 23.2 Å². The van der Waals surface area contributed by atoms with E-state index in [1.807, 2.05) is 6.07 Å². The van der Waals surface area contributed by atoms with E-state index >= 15 is 0 Å². The molecule has 0 unspecified atom stereocenters. The second kappa shape index (κ2) is 8.22. The lowest BCUT2D eigenvalue weighted by atomic mass is 10.0. The van der Waals surface area contributed by atoms with Crippen molar-refractivity contribution < 1.29 is 9.90 Å². The molecule has 0 fully saturated rings. The molecule has 0 aliphatic rings. The Bertz CT molecular complexity index is 1290. The lowest BCUT2D eigenvalue weighted by Gasteiger charge is -2.38. The van der Waals surface area contributed by atoms with Crippen LogP contribution in [0.5, 0.6) is 0 Å². The molecule has 1 aromatic heterocycles. The van der Waals surface area contributed by atoms with E-state index in [0.717, 1.165) is 0 Å². The Morgan fingerprint density at radius 1 is 1.23 bits per heavy atom. The zero-order valence-electron chi connectivity index (χ0n) is 17.3. The Hall–Kier alpha value is -3.08. The molecule has 7 nitrogen and oxygen atoms in total. The molecule has 0 saturated heterocycles. The van der Waals surface area contributed by atoms with E-state index in [-0.39, 0.29) is 26.8 Å². The van der Waals surface area contributed by atoms with E-state index in [4.69, 9.17) is 23.2 Å². The molecule has 0 aliphatic carbocycles. The van der Waals surface area contributed by atoms with E-state index in [0.29, 0.717) is 11.3 Å². The van der Waals surface area contributed by atoms with Crippen LogP contribution in [0, 0.1) is 11.3 Å². The zero-order valence-corrected chi connectivity index (χ0v) is 18.9. The van der Waals surface area contributed by atoms with Crippen molar-refractivity contribution in [2.24, 2.45) is 0 Å². The van der Waals surface area contributed by atoms with E-state index in [1.54, 1.807) is 45.9 Å². The number of aromatic nitrogens is 2. The van der Waals surface area contributed by atoms with Gasteiger partial charge >= 0.3 is 6.09 Å². The second-order valence-electron chi connectivity index (χ2n) is 8.02. The van der Waals surface area contributed by atoms with Gasteiger partial charge in [0, 0.05) is 5.54 Å². The molecular formula is C22H20Cl2N4O3. The van der Waals surface area contributed by atoms with Gasteiger partial charge in [-0.05, 0) is 58.0 Å². The van der Waals surface area contributed by atoms with Crippen molar-refractivity contribution in [1.29, 1.82) is 5.26 Å². The Morgan fingerprint density at radius 2 is 1.87 bits per heavy atom. The molecule has 3 rings (SSSR count). The molecule has 1 heterocycles. The molecule has 1 amide bonds. The molecule has 9 heteroatoms. The van der Waals surface area contributed by atoms with Crippen molar-refractivity contribution in [3.8, 4) is 11.8 Å². The van der Waals surface area contributed by atoms with E-state index < -0.39 is 23.2 Å². The fourth-order valence-electron chi connectivity index (χ4n) is 3.63. The number of nitriles is 1. The lowest BCUT2D eigenvalue weighted by Crippen LogP contribution is -2.47. The monoisotopic (exact) mass is 458 g/mol. The summed E-state index contributed by atoms with van der Waals surface area (Å²) < 4.78 is 1.29. The maximum Gasteiger partial charge on any atom is 0.408 e. The number of hydrogen-bond acceptors (Lipinski definition) is 4. The third kappa shape index (κ3) is 4.09. The minimum atomic E-state index is -1.16. The van der Waals surface area contributed by atoms with E-state index in [9.17, 15) is 20.0 Å². The van der Waals surface area contributed by atoms with Gasteiger partial charge in [0.15, 0.2) is 0 Å². The summed E-state index contributed by atoms with van der Waals surface area (Å²) in [4.78, 5) is 31.5. The molecule has 0 radical (unpaired) electrons. The normalized spacial score (nSPS) is 12.4. The Labute approximate surface area is 189 Å². The van der Waals surface area contributed by atoms with Crippen LogP contribution in [0.2, 0.25) is 10.0 Å². The van der Waals surface area contributed by atoms with Crippen LogP contribution in [0.25, 0.3) is 16.6 Å². The topological polar surface area (TPSA) is 99.2 Å². The number of carbonyl (C=O) groups is 1. The van der Waals surface area contributed by atoms with Crippen LogP contribution in [0.4, 0.5) is 4.79 Å². The van der Waals surface area contributed by atoms with Gasteiger partial charge in [0.1, 0.15) is 5.82 Å². The highest BCUT2D eigenvalue weighted by Gasteiger charge is 2.35. The van der Waals surface area contributed by atoms with E-state index in [2.05, 4.69) is 4.98 Å². The number of amides is 1. The van der Waals surface area contributed by atoms with Crippen LogP contribution < -0.4 is 5.56 Å². The maximum atomic E-state index is 13.6. The molecule has 31 heavy (non-hydrogen) atoms. The van der Waals surface area contributed by atoms with Crippen molar-refractivity contribution in [3.05, 3.63) is 68.2 Å². The summed E-state index contributed by atoms with van der Waals surface area (Å²) in [5.41, 5.74) is -0.390. The van der Waals surface area contributed by atoms with Gasteiger partial charge in [-0.25, -0.2) is 9.78 Å². The SMILES string of the molecule is C[C@@H](c1nc2c(Cl)ccc(Cl)c2c(=O)n1-c1cccc(C#N)c1)N(C(=O)O)C(C)(C)C. The van der Waals surface area contributed by atoms with Crippen molar-refractivity contribution in [1.82, 2.24) is 14.5 Å². The van der Waals surface area contributed by atoms with Gasteiger partial charge in [-0.3, -0.25) is 14.3 Å². The summed E-state index contributed by atoms with van der Waals surface area (Å²) >= 11 is 12.6. The zero-order chi connectivity index (χ0) is 23.1. The molecule has 0 spiro atoms. The summed E-state index contributed by atoms with van der Waals surface area (Å²) in [7, 11) is 0. The highest BCUT2D eigenvalue weighted by atomic mass is 35.5. The van der Waals surface area contributed by atoms with Crippen molar-refractivity contribution in [3.63, 3.8) is 0 Å². The van der Waals surface area contributed by atoms with Crippen LogP contribution in [-0.4, -0.2) is 31.2 Å². The molecule has 0 aliphatic heterocycles. The average molecular weight is 459 g/mol. The fraction of sp³-hybridized carbons (Fsp3) is 0.273. The predicted octanol–water partition coefficient (Wildman–Crippen LogP) is 5.40. The first kappa shape index (κ1) is 22.6. The minimum absolute atomic E-state index is 0.116. The summed E-state index contributed by atoms with van der Waals surface area (Å²) in [5, 5.41) is 19.7. The number of nitrogens with zero attached hydrogens (tertiary/aromatic N) is 4. The van der Waals surface area contributed by atoms with Crippen LogP contribution in [0.15, 0.2) is 41.2 Å². The second-order valence-corrected chi connectivity index (χ2v) is 8.84. The maximum absolute atomic E-state index is 13.6. The standard InChI is InChI=1S/C22H20Cl2N4O3/c1-12(28(21(30)31)22(2,3)4)19-26-18-16(24)9-8-15(23)17(18)20(29)27(19)14-7-5-6-13(10-14)11-25/h5-10,12H,1-4H3,(H,30,31)/t12-/m0/s1. The highest BCUT2D eigenvalue weighted by molar-refractivity contribution is 6.39. The first-order valence-corrected chi connectivity index (χ1v) is 10.2. The van der Waals surface area contributed by atoms with Crippen LogP contribution in [0.1, 0.15) is 45.1 Å². The number of carboxylic acid groups (broad SMARTS) is 1. The summed E-state index contributed by atoms with van der Waals surface area (Å²) in [6, 6.07) is 10.7. The highest BCUT2D eigenvalue weighted by Crippen LogP contribution is 2.32. The van der Waals surface area contributed by atoms with Crippen molar-refractivity contribution in [2.45, 2.75) is 39.3 Å². The first-order chi connectivity index (χ1) is 14.5. The third-order valence-electron chi connectivity index (χ3n) is 4.87. The van der Waals surface area contributed by atoms with Gasteiger partial charge in [0.05, 0.1) is 44.3 Å². The first-order valence-electron chi connectivity index (χ1n) is 9.40. The molecule has 1 atom stereocenters. The summed E-state index contributed by atoms with van der Waals surface area (Å²) in [6.45, 7) is 6.90. The van der Waals surface area contributed by atoms with Gasteiger partial charge in [0.25, 0.3) is 5.56 Å². The van der Waals surface area contributed by atoms with Gasteiger partial charge in [-0.2, -0.15) is 5.26 Å². The molecule has 0 saturated carbocycles. The van der Waals surface area contributed by atoms with Crippen LogP contribution in [-0.2, 0) is 0 Å². The van der Waals surface area contributed by atoms with Crippen molar-refractivity contribution in [2.75, 3.05) is 0 Å². The largest absolute Gasteiger partial charge is 0.465 e. The number of rotatable bonds is 3. The summed E-state index contributed by atoms with van der Waals surface area (Å²) in [6.07, 6.45) is -1.16. The van der Waals surface area contributed by atoms with Gasteiger partial charge in [-0.15, -0.1) is 0 Å². The van der Waals surface area contributed by atoms with Gasteiger partial charge < -0.3 is 5.11 Å². The predicted molar refractivity (Wildman–Crippen MR) is 120 cm³/mol. The Morgan fingerprint density at radius 3 is 2.45 bits per heavy atom. The Balaban J connectivity index is 2.47. The Kier molecular flexibility index (Phi) is 5.99. The van der Waals surface area contributed by atoms with Crippen molar-refractivity contribution >= 4 is 40.2 Å². The number of hydrogen-bond donors (Lipinski definition) is 1. The molecular weight excluding hydrogens is 439 g/mol. The van der Waals surface area contributed by atoms with E-state index in [1.165, 1.54) is 27.7 Å². The number of fused-ring (bicyclic) bond motifs is 1. The minimum Gasteiger partial charge on any atom is -0.465 e. The molecule has 160 valence electrons. The average Bonchev–Trinajstić information content (AvgIpc) is 2.68. The smallest absolute Gasteiger partial charge is 0.408 e. The molecule has 3 aromatic rings.